The lowest BCUT2D eigenvalue weighted by Crippen LogP contribution is -1.66. The van der Waals surface area contributed by atoms with Crippen molar-refractivity contribution in [1.29, 1.82) is 0 Å². The van der Waals surface area contributed by atoms with Crippen molar-refractivity contribution in [3.63, 3.8) is 0 Å². The van der Waals surface area contributed by atoms with E-state index in [2.05, 4.69) is 54.6 Å². The van der Waals surface area contributed by atoms with Crippen molar-refractivity contribution in [2.45, 2.75) is 0 Å². The van der Waals surface area contributed by atoms with E-state index in [1.807, 2.05) is 6.07 Å². The molecule has 0 heteroatoms. The van der Waals surface area contributed by atoms with Crippen LogP contribution in [-0.2, 0) is 0 Å². The molecule has 0 unspecified atom stereocenters. The monoisotopic (exact) mass is 178 g/mol. The Morgan fingerprint density at radius 2 is 1.21 bits per heavy atom. The first kappa shape index (κ1) is 7.57. The lowest BCUT2D eigenvalue weighted by Gasteiger charge is -1.88. The lowest BCUT2D eigenvalue weighted by molar-refractivity contribution is 1.67. The molecular weight excluding hydrogens is 168 g/mol. The Kier molecular flexibility index (Phi) is 1.54. The normalized spacial score (nSPS) is 12.1. The summed E-state index contributed by atoms with van der Waals surface area (Å²) in [5.74, 6) is 0. The van der Waals surface area contributed by atoms with E-state index in [1.54, 1.807) is 0 Å². The summed E-state index contributed by atoms with van der Waals surface area (Å²) >= 11 is 0. The Labute approximate surface area is 83.5 Å². The van der Waals surface area contributed by atoms with Gasteiger partial charge in [0, 0.05) is 0 Å². The molecule has 0 atom stereocenters. The Morgan fingerprint density at radius 3 is 1.86 bits per heavy atom. The van der Waals surface area contributed by atoms with Crippen molar-refractivity contribution in [3.05, 3.63) is 71.3 Å². The standard InChI is InChI=1S/C14H10/c1-2-6-11(7-3-1)10-14-12-8-4-5-9-13(12)14/h1-10H. The molecule has 0 radical (unpaired) electrons. The summed E-state index contributed by atoms with van der Waals surface area (Å²) in [6, 6.07) is 19.0. The third kappa shape index (κ3) is 1.16. The predicted octanol–water partition coefficient (Wildman–Crippen LogP) is 3.59. The maximum absolute atomic E-state index is 2.24. The number of benzene rings is 2. The van der Waals surface area contributed by atoms with Crippen LogP contribution in [0.5, 0.6) is 0 Å². The zero-order chi connectivity index (χ0) is 9.38. The van der Waals surface area contributed by atoms with Crippen LogP contribution in [0.1, 0.15) is 16.7 Å². The average Bonchev–Trinajstić information content (AvgIpc) is 2.94. The van der Waals surface area contributed by atoms with Gasteiger partial charge in [0.05, 0.1) is 0 Å². The molecule has 0 fully saturated rings. The molecule has 0 amide bonds. The molecule has 0 saturated carbocycles. The number of rotatable bonds is 1. The van der Waals surface area contributed by atoms with Crippen LogP contribution in [-0.4, -0.2) is 0 Å². The maximum Gasteiger partial charge on any atom is -0.00930 e. The summed E-state index contributed by atoms with van der Waals surface area (Å²) in [6.45, 7) is 0. The van der Waals surface area contributed by atoms with Crippen LogP contribution in [0.4, 0.5) is 0 Å². The fourth-order valence-electron chi connectivity index (χ4n) is 1.77. The van der Waals surface area contributed by atoms with Crippen molar-refractivity contribution in [1.82, 2.24) is 0 Å². The highest BCUT2D eigenvalue weighted by molar-refractivity contribution is 6.07. The molecule has 0 saturated heterocycles. The van der Waals surface area contributed by atoms with Gasteiger partial charge in [-0.3, -0.25) is 0 Å². The van der Waals surface area contributed by atoms with Crippen LogP contribution in [0.2, 0.25) is 0 Å². The maximum atomic E-state index is 2.24. The van der Waals surface area contributed by atoms with Crippen molar-refractivity contribution in [3.8, 4) is 0 Å². The molecule has 1 aliphatic carbocycles. The first-order valence-corrected chi connectivity index (χ1v) is 4.82. The smallest absolute Gasteiger partial charge is 0.00930 e. The zero-order valence-corrected chi connectivity index (χ0v) is 7.77. The number of hydrogen-bond donors (Lipinski definition) is 0. The molecule has 0 spiro atoms. The van der Waals surface area contributed by atoms with E-state index < -0.39 is 0 Å². The van der Waals surface area contributed by atoms with Crippen LogP contribution in [0.15, 0.2) is 54.6 Å². The fourth-order valence-corrected chi connectivity index (χ4v) is 1.77. The minimum atomic E-state index is 1.28. The summed E-state index contributed by atoms with van der Waals surface area (Å²) in [6.07, 6.45) is 2.24. The van der Waals surface area contributed by atoms with Crippen LogP contribution in [0.3, 0.4) is 0 Å². The molecule has 0 bridgehead atoms. The highest BCUT2D eigenvalue weighted by Gasteiger charge is 2.22. The van der Waals surface area contributed by atoms with E-state index >= 15 is 0 Å². The molecule has 0 nitrogen and oxygen atoms in total. The predicted molar refractivity (Wildman–Crippen MR) is 59.9 cm³/mol. The Morgan fingerprint density at radius 1 is 0.643 bits per heavy atom. The van der Waals surface area contributed by atoms with Gasteiger partial charge in [0.15, 0.2) is 0 Å². The minimum absolute atomic E-state index is 1.28. The van der Waals surface area contributed by atoms with E-state index in [1.165, 1.54) is 22.3 Å². The molecule has 66 valence electrons. The van der Waals surface area contributed by atoms with Crippen molar-refractivity contribution < 1.29 is 0 Å². The fraction of sp³-hybridized carbons (Fsp3) is 0. The van der Waals surface area contributed by atoms with E-state index in [4.69, 9.17) is 0 Å². The largest absolute Gasteiger partial charge is 0.0622 e. The first-order chi connectivity index (χ1) is 6.95. The molecule has 2 aromatic rings. The molecule has 0 N–H and O–H groups in total. The third-order valence-electron chi connectivity index (χ3n) is 2.56. The van der Waals surface area contributed by atoms with Gasteiger partial charge in [0.2, 0.25) is 0 Å². The first-order valence-electron chi connectivity index (χ1n) is 4.82. The molecule has 0 aromatic heterocycles. The molecule has 0 heterocycles. The number of hydrogen-bond acceptors (Lipinski definition) is 0. The van der Waals surface area contributed by atoms with Gasteiger partial charge in [-0.15, -0.1) is 0 Å². The van der Waals surface area contributed by atoms with Gasteiger partial charge in [0.25, 0.3) is 0 Å². The van der Waals surface area contributed by atoms with Crippen molar-refractivity contribution >= 4 is 11.6 Å². The summed E-state index contributed by atoms with van der Waals surface area (Å²) in [5.41, 5.74) is 5.47. The van der Waals surface area contributed by atoms with Gasteiger partial charge < -0.3 is 0 Å². The Hall–Kier alpha value is -1.82. The van der Waals surface area contributed by atoms with E-state index in [-0.39, 0.29) is 0 Å². The molecule has 14 heavy (non-hydrogen) atoms. The van der Waals surface area contributed by atoms with E-state index in [0.717, 1.165) is 0 Å². The highest BCUT2D eigenvalue weighted by Crippen LogP contribution is 2.42. The van der Waals surface area contributed by atoms with E-state index in [9.17, 15) is 0 Å². The second-order valence-corrected chi connectivity index (χ2v) is 3.51. The van der Waals surface area contributed by atoms with Crippen LogP contribution < -0.4 is 0 Å². The van der Waals surface area contributed by atoms with Gasteiger partial charge in [-0.25, -0.2) is 0 Å². The topological polar surface area (TPSA) is 0 Å². The molecule has 2 aromatic carbocycles. The quantitative estimate of drug-likeness (QED) is 0.534. The summed E-state index contributed by atoms with van der Waals surface area (Å²) < 4.78 is 0. The second-order valence-electron chi connectivity index (χ2n) is 3.51. The van der Waals surface area contributed by atoms with Crippen LogP contribution in [0.25, 0.3) is 11.6 Å². The average molecular weight is 178 g/mol. The third-order valence-corrected chi connectivity index (χ3v) is 2.56. The SMILES string of the molecule is C(=C1c2ccccc21)c1ccccc1. The van der Waals surface area contributed by atoms with Gasteiger partial charge in [0.1, 0.15) is 0 Å². The minimum Gasteiger partial charge on any atom is -0.0622 e. The summed E-state index contributed by atoms with van der Waals surface area (Å²) in [7, 11) is 0. The highest BCUT2D eigenvalue weighted by atomic mass is 14.3. The summed E-state index contributed by atoms with van der Waals surface area (Å²) in [4.78, 5) is 0. The molecule has 3 rings (SSSR count). The number of fused-ring (bicyclic) bond motifs is 1. The van der Waals surface area contributed by atoms with Crippen molar-refractivity contribution in [2.75, 3.05) is 0 Å². The zero-order valence-electron chi connectivity index (χ0n) is 7.77. The van der Waals surface area contributed by atoms with Crippen LogP contribution >= 0.6 is 0 Å². The van der Waals surface area contributed by atoms with Gasteiger partial charge in [-0.1, -0.05) is 54.6 Å². The van der Waals surface area contributed by atoms with Gasteiger partial charge >= 0.3 is 0 Å². The van der Waals surface area contributed by atoms with E-state index in [0.29, 0.717) is 0 Å². The molecule has 0 aliphatic heterocycles. The van der Waals surface area contributed by atoms with Gasteiger partial charge in [-0.2, -0.15) is 0 Å². The molecule has 1 aliphatic rings. The lowest BCUT2D eigenvalue weighted by atomic mass is 10.2. The Bertz CT molecular complexity index is 467. The Balaban J connectivity index is 1.99. The second kappa shape index (κ2) is 2.85. The summed E-state index contributed by atoms with van der Waals surface area (Å²) in [5, 5.41) is 0. The van der Waals surface area contributed by atoms with Gasteiger partial charge in [-0.05, 0) is 28.3 Å². The molecular formula is C14H10. The van der Waals surface area contributed by atoms with Crippen LogP contribution in [0, 0.1) is 0 Å². The van der Waals surface area contributed by atoms with Crippen molar-refractivity contribution in [2.24, 2.45) is 0 Å².